The average molecular weight is 450 g/mol. The van der Waals surface area contributed by atoms with Gasteiger partial charge in [-0.25, -0.2) is 9.37 Å². The molecule has 9 heteroatoms. The number of amides is 2. The number of ether oxygens (including phenoxy) is 2. The quantitative estimate of drug-likeness (QED) is 0.646. The lowest BCUT2D eigenvalue weighted by atomic mass is 10.0. The third-order valence-corrected chi connectivity index (χ3v) is 5.94. The van der Waals surface area contributed by atoms with Crippen molar-refractivity contribution in [3.63, 3.8) is 0 Å². The molecule has 2 aliphatic rings. The Hall–Kier alpha value is -3.88. The van der Waals surface area contributed by atoms with E-state index in [1.807, 2.05) is 7.05 Å². The zero-order chi connectivity index (χ0) is 22.9. The molecule has 33 heavy (non-hydrogen) atoms. The zero-order valence-corrected chi connectivity index (χ0v) is 18.0. The summed E-state index contributed by atoms with van der Waals surface area (Å²) in [4.78, 5) is 31.9. The number of rotatable bonds is 5. The number of imidazole rings is 1. The summed E-state index contributed by atoms with van der Waals surface area (Å²) >= 11 is 0. The second-order valence-electron chi connectivity index (χ2n) is 8.12. The number of halogens is 1. The van der Waals surface area contributed by atoms with Crippen molar-refractivity contribution >= 4 is 17.5 Å². The van der Waals surface area contributed by atoms with E-state index in [9.17, 15) is 14.0 Å². The van der Waals surface area contributed by atoms with E-state index in [2.05, 4.69) is 10.3 Å². The lowest BCUT2D eigenvalue weighted by molar-refractivity contribution is -0.126. The monoisotopic (exact) mass is 450 g/mol. The van der Waals surface area contributed by atoms with Gasteiger partial charge in [0.1, 0.15) is 30.9 Å². The number of benzene rings is 2. The maximum atomic E-state index is 13.5. The van der Waals surface area contributed by atoms with Crippen molar-refractivity contribution in [3.05, 3.63) is 72.1 Å². The second kappa shape index (κ2) is 8.57. The lowest BCUT2D eigenvalue weighted by Gasteiger charge is -2.23. The van der Waals surface area contributed by atoms with Gasteiger partial charge in [0, 0.05) is 44.2 Å². The number of aromatic nitrogens is 2. The van der Waals surface area contributed by atoms with Gasteiger partial charge in [0.25, 0.3) is 0 Å². The Bertz CT molecular complexity index is 1190. The Kier molecular flexibility index (Phi) is 5.45. The van der Waals surface area contributed by atoms with Gasteiger partial charge in [-0.15, -0.1) is 0 Å². The highest BCUT2D eigenvalue weighted by molar-refractivity contribution is 6.00. The first-order valence-electron chi connectivity index (χ1n) is 10.7. The number of carbonyl (C=O) groups is 2. The molecule has 8 nitrogen and oxygen atoms in total. The van der Waals surface area contributed by atoms with Gasteiger partial charge in [-0.3, -0.25) is 9.59 Å². The van der Waals surface area contributed by atoms with E-state index in [1.54, 1.807) is 52.2 Å². The minimum atomic E-state index is -0.573. The summed E-state index contributed by atoms with van der Waals surface area (Å²) in [6.07, 6.45) is 3.51. The number of fused-ring (bicyclic) bond motifs is 1. The van der Waals surface area contributed by atoms with Crippen molar-refractivity contribution in [1.29, 1.82) is 0 Å². The molecule has 0 spiro atoms. The number of anilines is 1. The van der Waals surface area contributed by atoms with Crippen LogP contribution < -0.4 is 19.7 Å². The molecule has 3 heterocycles. The fourth-order valence-corrected chi connectivity index (χ4v) is 4.20. The lowest BCUT2D eigenvalue weighted by Crippen LogP contribution is -2.37. The van der Waals surface area contributed by atoms with E-state index in [0.717, 1.165) is 0 Å². The van der Waals surface area contributed by atoms with Crippen LogP contribution in [0.1, 0.15) is 23.9 Å². The molecule has 1 N–H and O–H groups in total. The van der Waals surface area contributed by atoms with Gasteiger partial charge in [0.15, 0.2) is 11.5 Å². The predicted octanol–water partition coefficient (Wildman–Crippen LogP) is 2.59. The van der Waals surface area contributed by atoms with Crippen LogP contribution >= 0.6 is 0 Å². The van der Waals surface area contributed by atoms with Gasteiger partial charge in [-0.05, 0) is 29.8 Å². The Morgan fingerprint density at radius 3 is 2.64 bits per heavy atom. The summed E-state index contributed by atoms with van der Waals surface area (Å²) in [6, 6.07) is 10.7. The smallest absolute Gasteiger partial charge is 0.227 e. The third kappa shape index (κ3) is 4.13. The van der Waals surface area contributed by atoms with E-state index in [1.165, 1.54) is 12.1 Å². The van der Waals surface area contributed by atoms with E-state index < -0.39 is 12.0 Å². The van der Waals surface area contributed by atoms with Crippen molar-refractivity contribution < 1.29 is 23.5 Å². The number of nitrogens with zero attached hydrogens (tertiary/aromatic N) is 3. The maximum Gasteiger partial charge on any atom is 0.227 e. The van der Waals surface area contributed by atoms with Gasteiger partial charge in [0.05, 0.1) is 5.92 Å². The Morgan fingerprint density at radius 1 is 1.15 bits per heavy atom. The highest BCUT2D eigenvalue weighted by atomic mass is 19.1. The summed E-state index contributed by atoms with van der Waals surface area (Å²) in [5.74, 6) is 0.550. The molecular formula is C24H23FN4O4. The normalized spacial score (nSPS) is 18.3. The van der Waals surface area contributed by atoms with Crippen molar-refractivity contribution in [1.82, 2.24) is 14.9 Å². The van der Waals surface area contributed by atoms with Crippen LogP contribution in [0.4, 0.5) is 10.1 Å². The Labute approximate surface area is 189 Å². The maximum absolute atomic E-state index is 13.5. The molecule has 3 aromatic rings. The first-order valence-corrected chi connectivity index (χ1v) is 10.7. The Morgan fingerprint density at radius 2 is 1.91 bits per heavy atom. The van der Waals surface area contributed by atoms with Gasteiger partial charge >= 0.3 is 0 Å². The van der Waals surface area contributed by atoms with Gasteiger partial charge in [-0.2, -0.15) is 0 Å². The molecule has 2 unspecified atom stereocenters. The SMILES string of the molecule is Cn1ccnc1C(NC(=O)C1CC(=O)N(c2ccc3c(c2)OCCO3)C1)c1ccc(F)cc1. The van der Waals surface area contributed by atoms with Crippen LogP contribution in [0.25, 0.3) is 0 Å². The molecule has 0 aliphatic carbocycles. The topological polar surface area (TPSA) is 85.7 Å². The molecule has 2 atom stereocenters. The minimum absolute atomic E-state index is 0.0942. The fourth-order valence-electron chi connectivity index (χ4n) is 4.20. The first kappa shape index (κ1) is 21.0. The molecular weight excluding hydrogens is 427 g/mol. The standard InChI is InChI=1S/C24H23FN4O4/c1-28-9-8-26-23(28)22(15-2-4-17(25)5-3-15)27-24(31)16-12-21(30)29(14-16)18-6-7-19-20(13-18)33-11-10-32-19/h2-9,13,16,22H,10-12,14H2,1H3,(H,27,31). The fraction of sp³-hybridized carbons (Fsp3) is 0.292. The molecule has 2 amide bonds. The van der Waals surface area contributed by atoms with Crippen molar-refractivity contribution in [2.24, 2.45) is 13.0 Å². The van der Waals surface area contributed by atoms with E-state index in [-0.39, 0.29) is 30.6 Å². The first-order chi connectivity index (χ1) is 16.0. The highest BCUT2D eigenvalue weighted by Gasteiger charge is 2.37. The molecule has 0 bridgehead atoms. The largest absolute Gasteiger partial charge is 0.486 e. The molecule has 1 aromatic heterocycles. The summed E-state index contributed by atoms with van der Waals surface area (Å²) in [5, 5.41) is 3.01. The van der Waals surface area contributed by atoms with E-state index in [0.29, 0.717) is 41.8 Å². The summed E-state index contributed by atoms with van der Waals surface area (Å²) in [6.45, 7) is 1.19. The molecule has 1 saturated heterocycles. The number of carbonyl (C=O) groups excluding carboxylic acids is 2. The number of hydrogen-bond donors (Lipinski definition) is 1. The van der Waals surface area contributed by atoms with E-state index >= 15 is 0 Å². The summed E-state index contributed by atoms with van der Waals surface area (Å²) < 4.78 is 26.4. The van der Waals surface area contributed by atoms with Crippen molar-refractivity contribution in [3.8, 4) is 11.5 Å². The molecule has 1 fully saturated rings. The molecule has 2 aliphatic heterocycles. The van der Waals surface area contributed by atoms with E-state index in [4.69, 9.17) is 9.47 Å². The van der Waals surface area contributed by atoms with Crippen LogP contribution in [0.5, 0.6) is 11.5 Å². The van der Waals surface area contributed by atoms with Gasteiger partial charge in [0.2, 0.25) is 11.8 Å². The van der Waals surface area contributed by atoms with Crippen LogP contribution in [0.3, 0.4) is 0 Å². The third-order valence-electron chi connectivity index (χ3n) is 5.94. The second-order valence-corrected chi connectivity index (χ2v) is 8.12. The molecule has 0 radical (unpaired) electrons. The van der Waals surface area contributed by atoms with Gasteiger partial charge < -0.3 is 24.3 Å². The summed E-state index contributed by atoms with van der Waals surface area (Å²) in [7, 11) is 1.83. The Balaban J connectivity index is 1.35. The van der Waals surface area contributed by atoms with Crippen LogP contribution in [0.2, 0.25) is 0 Å². The van der Waals surface area contributed by atoms with Crippen molar-refractivity contribution in [2.45, 2.75) is 12.5 Å². The average Bonchev–Trinajstić information content (AvgIpc) is 3.43. The van der Waals surface area contributed by atoms with Crippen LogP contribution in [0, 0.1) is 11.7 Å². The number of hydrogen-bond acceptors (Lipinski definition) is 5. The predicted molar refractivity (Wildman–Crippen MR) is 117 cm³/mol. The van der Waals surface area contributed by atoms with Crippen molar-refractivity contribution in [2.75, 3.05) is 24.7 Å². The summed E-state index contributed by atoms with van der Waals surface area (Å²) in [5.41, 5.74) is 1.37. The molecule has 2 aromatic carbocycles. The number of aryl methyl sites for hydroxylation is 1. The van der Waals surface area contributed by atoms with Crippen LogP contribution in [-0.4, -0.2) is 41.1 Å². The van der Waals surface area contributed by atoms with Gasteiger partial charge in [-0.1, -0.05) is 12.1 Å². The molecule has 5 rings (SSSR count). The minimum Gasteiger partial charge on any atom is -0.486 e. The number of nitrogens with one attached hydrogen (secondary N) is 1. The zero-order valence-electron chi connectivity index (χ0n) is 18.0. The molecule has 0 saturated carbocycles. The van der Waals surface area contributed by atoms with Crippen LogP contribution in [0.15, 0.2) is 54.9 Å². The highest BCUT2D eigenvalue weighted by Crippen LogP contribution is 2.36. The molecule has 170 valence electrons. The van der Waals surface area contributed by atoms with Crippen LogP contribution in [-0.2, 0) is 16.6 Å².